The van der Waals surface area contributed by atoms with E-state index in [-0.39, 0.29) is 5.91 Å². The maximum Gasteiger partial charge on any atom is 0.259 e. The predicted octanol–water partition coefficient (Wildman–Crippen LogP) is 4.15. The van der Waals surface area contributed by atoms with Crippen LogP contribution in [-0.2, 0) is 0 Å². The Balaban J connectivity index is 2.25. The average Bonchev–Trinajstić information content (AvgIpc) is 2.43. The molecular weight excluding hydrogens is 330 g/mol. The van der Waals surface area contributed by atoms with Crippen molar-refractivity contribution >= 4 is 33.2 Å². The third-order valence-electron chi connectivity index (χ3n) is 3.07. The van der Waals surface area contributed by atoms with Gasteiger partial charge in [0.2, 0.25) is 0 Å². The Morgan fingerprint density at radius 3 is 2.71 bits per heavy atom. The van der Waals surface area contributed by atoms with E-state index in [1.54, 1.807) is 6.20 Å². The molecule has 0 radical (unpaired) electrons. The van der Waals surface area contributed by atoms with Gasteiger partial charge < -0.3 is 10.6 Å². The Kier molecular flexibility index (Phi) is 4.96. The fraction of sp³-hybridized carbons (Fsp3) is 0.250. The second-order valence-corrected chi connectivity index (χ2v) is 5.67. The van der Waals surface area contributed by atoms with Gasteiger partial charge in [-0.1, -0.05) is 15.9 Å². The molecule has 2 N–H and O–H groups in total. The first-order chi connectivity index (χ1) is 10.0. The van der Waals surface area contributed by atoms with E-state index in [1.807, 2.05) is 45.0 Å². The van der Waals surface area contributed by atoms with Crippen LogP contribution >= 0.6 is 15.9 Å². The number of aryl methyl sites for hydroxylation is 2. The lowest BCUT2D eigenvalue weighted by Crippen LogP contribution is -2.15. The highest BCUT2D eigenvalue weighted by molar-refractivity contribution is 9.10. The van der Waals surface area contributed by atoms with Crippen LogP contribution in [0.15, 0.2) is 34.9 Å². The highest BCUT2D eigenvalue weighted by atomic mass is 79.9. The summed E-state index contributed by atoms with van der Waals surface area (Å²) in [6, 6.07) is 7.59. The maximum atomic E-state index is 12.4. The SMILES string of the molecule is CCNc1cc(C)ncc1C(=O)Nc1ccc(Br)c(C)c1. The minimum atomic E-state index is -0.167. The number of hydrogen-bond acceptors (Lipinski definition) is 3. The van der Waals surface area contributed by atoms with Crippen LogP contribution in [0, 0.1) is 13.8 Å². The number of benzene rings is 1. The van der Waals surface area contributed by atoms with E-state index in [1.165, 1.54) is 0 Å². The number of pyridine rings is 1. The van der Waals surface area contributed by atoms with Gasteiger partial charge in [-0.2, -0.15) is 0 Å². The first-order valence-electron chi connectivity index (χ1n) is 6.79. The molecule has 0 aliphatic carbocycles. The molecule has 2 aromatic rings. The largest absolute Gasteiger partial charge is 0.385 e. The van der Waals surface area contributed by atoms with Gasteiger partial charge in [0.25, 0.3) is 5.91 Å². The molecule has 0 unspecified atom stereocenters. The summed E-state index contributed by atoms with van der Waals surface area (Å²) < 4.78 is 1.02. The molecule has 4 nitrogen and oxygen atoms in total. The van der Waals surface area contributed by atoms with E-state index in [2.05, 4.69) is 31.5 Å². The standard InChI is InChI=1S/C16H18BrN3O/c1-4-18-15-8-11(3)19-9-13(15)16(21)20-12-5-6-14(17)10(2)7-12/h5-9H,4H2,1-3H3,(H,18,19)(H,20,21). The predicted molar refractivity (Wildman–Crippen MR) is 90.0 cm³/mol. The highest BCUT2D eigenvalue weighted by Gasteiger charge is 2.12. The summed E-state index contributed by atoms with van der Waals surface area (Å²) in [7, 11) is 0. The molecule has 110 valence electrons. The lowest BCUT2D eigenvalue weighted by Gasteiger charge is -2.12. The summed E-state index contributed by atoms with van der Waals surface area (Å²) in [6.07, 6.45) is 1.61. The van der Waals surface area contributed by atoms with Crippen LogP contribution in [0.1, 0.15) is 28.5 Å². The molecule has 0 spiro atoms. The summed E-state index contributed by atoms with van der Waals surface area (Å²) in [5.74, 6) is -0.167. The smallest absolute Gasteiger partial charge is 0.259 e. The number of halogens is 1. The zero-order chi connectivity index (χ0) is 15.4. The molecule has 1 amide bonds. The molecule has 0 aliphatic heterocycles. The van der Waals surface area contributed by atoms with Crippen molar-refractivity contribution in [3.63, 3.8) is 0 Å². The van der Waals surface area contributed by atoms with Crippen molar-refractivity contribution in [3.8, 4) is 0 Å². The van der Waals surface area contributed by atoms with E-state index in [4.69, 9.17) is 0 Å². The first kappa shape index (κ1) is 15.5. The van der Waals surface area contributed by atoms with E-state index in [0.717, 1.165) is 33.6 Å². The van der Waals surface area contributed by atoms with Crippen LogP contribution in [0.25, 0.3) is 0 Å². The zero-order valence-corrected chi connectivity index (χ0v) is 13.9. The van der Waals surface area contributed by atoms with Crippen LogP contribution in [0.4, 0.5) is 11.4 Å². The zero-order valence-electron chi connectivity index (χ0n) is 12.3. The lowest BCUT2D eigenvalue weighted by atomic mass is 10.1. The fourth-order valence-corrected chi connectivity index (χ4v) is 2.24. The number of amides is 1. The third kappa shape index (κ3) is 3.82. The second-order valence-electron chi connectivity index (χ2n) is 4.82. The molecular formula is C16H18BrN3O. The number of hydrogen-bond donors (Lipinski definition) is 2. The molecule has 21 heavy (non-hydrogen) atoms. The van der Waals surface area contributed by atoms with Gasteiger partial charge in [-0.25, -0.2) is 0 Å². The quantitative estimate of drug-likeness (QED) is 0.873. The van der Waals surface area contributed by atoms with E-state index in [9.17, 15) is 4.79 Å². The molecule has 0 saturated carbocycles. The maximum absolute atomic E-state index is 12.4. The van der Waals surface area contributed by atoms with Gasteiger partial charge in [0.15, 0.2) is 0 Å². The molecule has 1 heterocycles. The minimum absolute atomic E-state index is 0.167. The summed E-state index contributed by atoms with van der Waals surface area (Å²) in [5.41, 5.74) is 4.06. The summed E-state index contributed by atoms with van der Waals surface area (Å²) in [6.45, 7) is 6.63. The molecule has 2 rings (SSSR count). The number of aromatic nitrogens is 1. The number of anilines is 2. The van der Waals surface area contributed by atoms with Gasteiger partial charge >= 0.3 is 0 Å². The Morgan fingerprint density at radius 2 is 2.05 bits per heavy atom. The van der Waals surface area contributed by atoms with Gasteiger partial charge in [-0.15, -0.1) is 0 Å². The van der Waals surface area contributed by atoms with Gasteiger partial charge in [-0.3, -0.25) is 9.78 Å². The van der Waals surface area contributed by atoms with E-state index >= 15 is 0 Å². The number of carbonyl (C=O) groups excluding carboxylic acids is 1. The van der Waals surface area contributed by atoms with Crippen molar-refractivity contribution in [2.75, 3.05) is 17.2 Å². The van der Waals surface area contributed by atoms with Crippen LogP contribution in [0.5, 0.6) is 0 Å². The van der Waals surface area contributed by atoms with Crippen molar-refractivity contribution in [2.24, 2.45) is 0 Å². The second kappa shape index (κ2) is 6.72. The van der Waals surface area contributed by atoms with Crippen molar-refractivity contribution in [3.05, 3.63) is 51.8 Å². The number of carbonyl (C=O) groups is 1. The molecule has 5 heteroatoms. The number of nitrogens with zero attached hydrogens (tertiary/aromatic N) is 1. The third-order valence-corrected chi connectivity index (χ3v) is 3.96. The van der Waals surface area contributed by atoms with Crippen molar-refractivity contribution in [2.45, 2.75) is 20.8 Å². The topological polar surface area (TPSA) is 54.0 Å². The van der Waals surface area contributed by atoms with Crippen molar-refractivity contribution in [1.29, 1.82) is 0 Å². The molecule has 0 aliphatic rings. The normalized spacial score (nSPS) is 10.3. The molecule has 0 atom stereocenters. The van der Waals surface area contributed by atoms with Gasteiger partial charge in [0.1, 0.15) is 0 Å². The fourth-order valence-electron chi connectivity index (χ4n) is 2.00. The van der Waals surface area contributed by atoms with Gasteiger partial charge in [0, 0.05) is 28.6 Å². The Hall–Kier alpha value is -1.88. The summed E-state index contributed by atoms with van der Waals surface area (Å²) >= 11 is 3.45. The van der Waals surface area contributed by atoms with Gasteiger partial charge in [-0.05, 0) is 50.6 Å². The monoisotopic (exact) mass is 347 g/mol. The Labute approximate surface area is 133 Å². The van der Waals surface area contributed by atoms with E-state index in [0.29, 0.717) is 5.56 Å². The summed E-state index contributed by atoms with van der Waals surface area (Å²) in [5, 5.41) is 6.10. The molecule has 1 aromatic heterocycles. The van der Waals surface area contributed by atoms with Gasteiger partial charge in [0.05, 0.1) is 11.3 Å². The van der Waals surface area contributed by atoms with Crippen LogP contribution in [0.3, 0.4) is 0 Å². The average molecular weight is 348 g/mol. The Bertz CT molecular complexity index is 671. The van der Waals surface area contributed by atoms with Crippen LogP contribution < -0.4 is 10.6 Å². The highest BCUT2D eigenvalue weighted by Crippen LogP contribution is 2.22. The number of rotatable bonds is 4. The first-order valence-corrected chi connectivity index (χ1v) is 7.58. The van der Waals surface area contributed by atoms with E-state index < -0.39 is 0 Å². The molecule has 0 bridgehead atoms. The van der Waals surface area contributed by atoms with Crippen LogP contribution in [0.2, 0.25) is 0 Å². The Morgan fingerprint density at radius 1 is 1.29 bits per heavy atom. The van der Waals surface area contributed by atoms with Crippen molar-refractivity contribution < 1.29 is 4.79 Å². The number of nitrogens with one attached hydrogen (secondary N) is 2. The summed E-state index contributed by atoms with van der Waals surface area (Å²) in [4.78, 5) is 16.6. The molecule has 1 aromatic carbocycles. The molecule has 0 saturated heterocycles. The van der Waals surface area contributed by atoms with Crippen LogP contribution in [-0.4, -0.2) is 17.4 Å². The molecule has 0 fully saturated rings. The minimum Gasteiger partial charge on any atom is -0.385 e. The lowest BCUT2D eigenvalue weighted by molar-refractivity contribution is 0.102. The van der Waals surface area contributed by atoms with Crippen molar-refractivity contribution in [1.82, 2.24) is 4.98 Å².